The van der Waals surface area contributed by atoms with E-state index in [0.29, 0.717) is 13.0 Å². The molecule has 0 aromatic heterocycles. The SMILES string of the molecule is CCC(COC)NC(=O)c1cc(S(N)(=O)=O)cc(Br)c1Cl. The van der Waals surface area contributed by atoms with Crippen molar-refractivity contribution in [1.29, 1.82) is 0 Å². The van der Waals surface area contributed by atoms with E-state index < -0.39 is 15.9 Å². The fourth-order valence-corrected chi connectivity index (χ4v) is 2.99. The number of nitrogens with two attached hydrogens (primary N) is 1. The van der Waals surface area contributed by atoms with Crippen LogP contribution in [0.5, 0.6) is 0 Å². The number of methoxy groups -OCH3 is 1. The summed E-state index contributed by atoms with van der Waals surface area (Å²) in [6.07, 6.45) is 0.660. The van der Waals surface area contributed by atoms with Gasteiger partial charge in [-0.05, 0) is 34.5 Å². The van der Waals surface area contributed by atoms with Crippen molar-refractivity contribution in [2.45, 2.75) is 24.3 Å². The van der Waals surface area contributed by atoms with Gasteiger partial charge < -0.3 is 10.1 Å². The van der Waals surface area contributed by atoms with Crippen LogP contribution < -0.4 is 10.5 Å². The van der Waals surface area contributed by atoms with Crippen LogP contribution in [0.1, 0.15) is 23.7 Å². The summed E-state index contributed by atoms with van der Waals surface area (Å²) in [4.78, 5) is 12.0. The molecule has 0 aliphatic carbocycles. The Morgan fingerprint density at radius 2 is 2.14 bits per heavy atom. The molecule has 0 aliphatic rings. The molecule has 0 heterocycles. The average Bonchev–Trinajstić information content (AvgIpc) is 2.39. The van der Waals surface area contributed by atoms with Crippen LogP contribution in [0.4, 0.5) is 0 Å². The Morgan fingerprint density at radius 1 is 1.52 bits per heavy atom. The lowest BCUT2D eigenvalue weighted by Gasteiger charge is -2.17. The summed E-state index contributed by atoms with van der Waals surface area (Å²) in [5.41, 5.74) is 0.0321. The lowest BCUT2D eigenvalue weighted by atomic mass is 10.1. The predicted octanol–water partition coefficient (Wildman–Crippen LogP) is 1.90. The topological polar surface area (TPSA) is 98.5 Å². The van der Waals surface area contributed by atoms with Gasteiger partial charge in [-0.3, -0.25) is 4.79 Å². The smallest absolute Gasteiger partial charge is 0.253 e. The van der Waals surface area contributed by atoms with Crippen molar-refractivity contribution in [1.82, 2.24) is 5.32 Å². The number of carbonyl (C=O) groups is 1. The van der Waals surface area contributed by atoms with Crippen LogP contribution in [0.3, 0.4) is 0 Å². The number of amides is 1. The maximum Gasteiger partial charge on any atom is 0.253 e. The maximum atomic E-state index is 12.2. The molecule has 1 atom stereocenters. The molecule has 0 spiro atoms. The molecule has 6 nitrogen and oxygen atoms in total. The lowest BCUT2D eigenvalue weighted by Crippen LogP contribution is -2.37. The molecule has 21 heavy (non-hydrogen) atoms. The predicted molar refractivity (Wildman–Crippen MR) is 83.9 cm³/mol. The fraction of sp³-hybridized carbons (Fsp3) is 0.417. The van der Waals surface area contributed by atoms with Crippen LogP contribution >= 0.6 is 27.5 Å². The Kier molecular flexibility index (Phi) is 6.61. The van der Waals surface area contributed by atoms with Crippen molar-refractivity contribution in [3.05, 3.63) is 27.2 Å². The standard InChI is InChI=1S/C12H16BrClN2O4S/c1-3-7(6-20-2)16-12(17)9-4-8(21(15,18)19)5-10(13)11(9)14/h4-5,7H,3,6H2,1-2H3,(H,16,17)(H2,15,18,19). The van der Waals surface area contributed by atoms with Crippen LogP contribution in [0.15, 0.2) is 21.5 Å². The first-order valence-corrected chi connectivity index (χ1v) is 8.74. The van der Waals surface area contributed by atoms with Gasteiger partial charge in [0.2, 0.25) is 10.0 Å². The van der Waals surface area contributed by atoms with Gasteiger partial charge in [0.25, 0.3) is 5.91 Å². The van der Waals surface area contributed by atoms with Crippen molar-refractivity contribution in [3.63, 3.8) is 0 Å². The minimum atomic E-state index is -3.94. The number of hydrogen-bond acceptors (Lipinski definition) is 4. The maximum absolute atomic E-state index is 12.2. The molecule has 1 rings (SSSR count). The summed E-state index contributed by atoms with van der Waals surface area (Å²) in [7, 11) is -2.41. The third-order valence-corrected chi connectivity index (χ3v) is 4.92. The van der Waals surface area contributed by atoms with E-state index in [1.54, 1.807) is 0 Å². The molecule has 1 aromatic rings. The largest absolute Gasteiger partial charge is 0.383 e. The van der Waals surface area contributed by atoms with Crippen molar-refractivity contribution in [2.24, 2.45) is 5.14 Å². The van der Waals surface area contributed by atoms with Crippen LogP contribution in [0.25, 0.3) is 0 Å². The number of benzene rings is 1. The average molecular weight is 400 g/mol. The number of hydrogen-bond donors (Lipinski definition) is 2. The van der Waals surface area contributed by atoms with Crippen molar-refractivity contribution < 1.29 is 17.9 Å². The van der Waals surface area contributed by atoms with Gasteiger partial charge in [0.1, 0.15) is 0 Å². The highest BCUT2D eigenvalue weighted by Crippen LogP contribution is 2.29. The van der Waals surface area contributed by atoms with E-state index in [9.17, 15) is 13.2 Å². The molecule has 0 fully saturated rings. The van der Waals surface area contributed by atoms with E-state index >= 15 is 0 Å². The molecule has 118 valence electrons. The van der Waals surface area contributed by atoms with Crippen LogP contribution in [0.2, 0.25) is 5.02 Å². The van der Waals surface area contributed by atoms with Crippen LogP contribution in [0, 0.1) is 0 Å². The molecule has 0 bridgehead atoms. The fourth-order valence-electron chi connectivity index (χ4n) is 1.62. The normalized spacial score (nSPS) is 13.0. The van der Waals surface area contributed by atoms with Gasteiger partial charge in [-0.2, -0.15) is 0 Å². The Hall–Kier alpha value is -0.670. The highest BCUT2D eigenvalue weighted by Gasteiger charge is 2.20. The van der Waals surface area contributed by atoms with Gasteiger partial charge in [-0.25, -0.2) is 13.6 Å². The van der Waals surface area contributed by atoms with Gasteiger partial charge in [-0.15, -0.1) is 0 Å². The molecule has 0 saturated carbocycles. The molecular weight excluding hydrogens is 384 g/mol. The Balaban J connectivity index is 3.17. The molecule has 0 aliphatic heterocycles. The quantitative estimate of drug-likeness (QED) is 0.763. The third-order valence-electron chi connectivity index (χ3n) is 2.77. The van der Waals surface area contributed by atoms with Crippen LogP contribution in [-0.4, -0.2) is 34.1 Å². The first-order valence-electron chi connectivity index (χ1n) is 6.02. The summed E-state index contributed by atoms with van der Waals surface area (Å²) in [6, 6.07) is 2.20. The lowest BCUT2D eigenvalue weighted by molar-refractivity contribution is 0.0894. The van der Waals surface area contributed by atoms with Gasteiger partial charge in [0, 0.05) is 11.6 Å². The number of sulfonamides is 1. The zero-order valence-electron chi connectivity index (χ0n) is 11.5. The number of primary sulfonamides is 1. The molecule has 1 amide bonds. The molecule has 1 aromatic carbocycles. The molecule has 0 radical (unpaired) electrons. The second-order valence-electron chi connectivity index (χ2n) is 4.35. The molecule has 3 N–H and O–H groups in total. The van der Waals surface area contributed by atoms with Gasteiger partial charge >= 0.3 is 0 Å². The molecular formula is C12H16BrClN2O4S. The zero-order chi connectivity index (χ0) is 16.2. The Bertz CT molecular complexity index is 636. The summed E-state index contributed by atoms with van der Waals surface area (Å²) < 4.78 is 28.1. The highest BCUT2D eigenvalue weighted by molar-refractivity contribution is 9.10. The van der Waals surface area contributed by atoms with Crippen LogP contribution in [-0.2, 0) is 14.8 Å². The number of halogens is 2. The number of ether oxygens (including phenoxy) is 1. The van der Waals surface area contributed by atoms with Crippen molar-refractivity contribution in [2.75, 3.05) is 13.7 Å². The number of rotatable bonds is 6. The second-order valence-corrected chi connectivity index (χ2v) is 7.14. The van der Waals surface area contributed by atoms with E-state index in [4.69, 9.17) is 21.5 Å². The summed E-state index contributed by atoms with van der Waals surface area (Å²) in [5, 5.41) is 7.92. The van der Waals surface area contributed by atoms with E-state index in [0.717, 1.165) is 6.07 Å². The van der Waals surface area contributed by atoms with E-state index in [1.165, 1.54) is 13.2 Å². The van der Waals surface area contributed by atoms with Gasteiger partial charge in [-0.1, -0.05) is 18.5 Å². The van der Waals surface area contributed by atoms with Gasteiger partial charge in [0.05, 0.1) is 28.1 Å². The highest BCUT2D eigenvalue weighted by atomic mass is 79.9. The first kappa shape index (κ1) is 18.4. The molecule has 0 saturated heterocycles. The molecule has 1 unspecified atom stereocenters. The zero-order valence-corrected chi connectivity index (χ0v) is 14.7. The summed E-state index contributed by atoms with van der Waals surface area (Å²) >= 11 is 9.15. The van der Waals surface area contributed by atoms with Crippen molar-refractivity contribution in [3.8, 4) is 0 Å². The molecule has 9 heteroatoms. The minimum Gasteiger partial charge on any atom is -0.383 e. The summed E-state index contributed by atoms with van der Waals surface area (Å²) in [5.74, 6) is -0.491. The first-order chi connectivity index (χ1) is 9.70. The van der Waals surface area contributed by atoms with Gasteiger partial charge in [0.15, 0.2) is 0 Å². The third kappa shape index (κ3) is 4.93. The number of carbonyl (C=O) groups excluding carboxylic acids is 1. The van der Waals surface area contributed by atoms with E-state index in [2.05, 4.69) is 21.2 Å². The van der Waals surface area contributed by atoms with E-state index in [-0.39, 0.29) is 26.0 Å². The monoisotopic (exact) mass is 398 g/mol. The minimum absolute atomic E-state index is 0.0321. The second kappa shape index (κ2) is 7.55. The Labute approximate surface area is 137 Å². The Morgan fingerprint density at radius 3 is 2.62 bits per heavy atom. The van der Waals surface area contributed by atoms with E-state index in [1.807, 2.05) is 6.92 Å². The van der Waals surface area contributed by atoms with Crippen molar-refractivity contribution >= 4 is 43.5 Å². The summed E-state index contributed by atoms with van der Waals surface area (Å²) in [6.45, 7) is 2.23. The number of nitrogens with one attached hydrogen (secondary N) is 1.